The van der Waals surface area contributed by atoms with Gasteiger partial charge in [0.2, 0.25) is 0 Å². The molecule has 20 heavy (non-hydrogen) atoms. The summed E-state index contributed by atoms with van der Waals surface area (Å²) in [6, 6.07) is 11.1. The molecular formula is C15H10BrFO3. The maximum absolute atomic E-state index is 13.6. The van der Waals surface area contributed by atoms with E-state index in [0.29, 0.717) is 15.8 Å². The molecule has 0 aromatic heterocycles. The lowest BCUT2D eigenvalue weighted by Gasteiger charge is -2.07. The predicted octanol–water partition coefficient (Wildman–Crippen LogP) is 4.48. The predicted molar refractivity (Wildman–Crippen MR) is 77.3 cm³/mol. The van der Waals surface area contributed by atoms with Crippen LogP contribution in [0.25, 0.3) is 6.08 Å². The topological polar surface area (TPSA) is 46.5 Å². The second-order valence-corrected chi connectivity index (χ2v) is 4.84. The second kappa shape index (κ2) is 6.34. The summed E-state index contributed by atoms with van der Waals surface area (Å²) in [5, 5.41) is 8.57. The number of hydrogen-bond acceptors (Lipinski definition) is 2. The number of benzene rings is 2. The molecule has 0 aliphatic rings. The molecule has 0 saturated heterocycles. The van der Waals surface area contributed by atoms with E-state index in [4.69, 9.17) is 9.84 Å². The van der Waals surface area contributed by atoms with Gasteiger partial charge in [-0.1, -0.05) is 28.1 Å². The highest BCUT2D eigenvalue weighted by Gasteiger charge is 2.05. The summed E-state index contributed by atoms with van der Waals surface area (Å²) in [5.41, 5.74) is 0.653. The van der Waals surface area contributed by atoms with Gasteiger partial charge in [0, 0.05) is 10.5 Å². The van der Waals surface area contributed by atoms with Gasteiger partial charge in [0.05, 0.1) is 0 Å². The van der Waals surface area contributed by atoms with Crippen molar-refractivity contribution in [2.24, 2.45) is 0 Å². The summed E-state index contributed by atoms with van der Waals surface area (Å²) in [6.07, 6.45) is 2.46. The van der Waals surface area contributed by atoms with Crippen LogP contribution in [0.1, 0.15) is 5.56 Å². The Labute approximate surface area is 123 Å². The molecule has 0 saturated carbocycles. The van der Waals surface area contributed by atoms with E-state index in [-0.39, 0.29) is 5.75 Å². The summed E-state index contributed by atoms with van der Waals surface area (Å²) >= 11 is 3.24. The monoisotopic (exact) mass is 336 g/mol. The van der Waals surface area contributed by atoms with Crippen LogP contribution in [0, 0.1) is 5.82 Å². The van der Waals surface area contributed by atoms with Crippen LogP contribution >= 0.6 is 15.9 Å². The highest BCUT2D eigenvalue weighted by Crippen LogP contribution is 2.28. The first-order chi connectivity index (χ1) is 9.54. The fourth-order valence-electron chi connectivity index (χ4n) is 1.53. The molecule has 0 radical (unpaired) electrons. The zero-order valence-electron chi connectivity index (χ0n) is 10.2. The lowest BCUT2D eigenvalue weighted by Crippen LogP contribution is -1.89. The molecule has 0 atom stereocenters. The van der Waals surface area contributed by atoms with Crippen LogP contribution < -0.4 is 4.74 Å². The third kappa shape index (κ3) is 3.93. The van der Waals surface area contributed by atoms with Crippen LogP contribution in [0.3, 0.4) is 0 Å². The van der Waals surface area contributed by atoms with Crippen LogP contribution in [-0.2, 0) is 4.79 Å². The summed E-state index contributed by atoms with van der Waals surface area (Å²) in [5.74, 6) is -0.984. The number of hydrogen-bond donors (Lipinski definition) is 1. The maximum atomic E-state index is 13.6. The van der Waals surface area contributed by atoms with Crippen molar-refractivity contribution in [3.05, 3.63) is 64.4 Å². The molecule has 2 rings (SSSR count). The maximum Gasteiger partial charge on any atom is 0.328 e. The van der Waals surface area contributed by atoms with E-state index >= 15 is 0 Å². The lowest BCUT2D eigenvalue weighted by atomic mass is 10.2. The summed E-state index contributed by atoms with van der Waals surface area (Å²) in [4.78, 5) is 10.5. The van der Waals surface area contributed by atoms with Gasteiger partial charge in [-0.25, -0.2) is 9.18 Å². The van der Waals surface area contributed by atoms with E-state index in [1.807, 2.05) is 0 Å². The average molecular weight is 337 g/mol. The molecule has 0 aliphatic carbocycles. The van der Waals surface area contributed by atoms with Gasteiger partial charge in [0.1, 0.15) is 5.75 Å². The smallest absolute Gasteiger partial charge is 0.328 e. The minimum atomic E-state index is -1.03. The van der Waals surface area contributed by atoms with Gasteiger partial charge < -0.3 is 9.84 Å². The SMILES string of the molecule is O=C(O)/C=C/c1cccc(Oc2cc(Br)ccc2F)c1. The zero-order valence-corrected chi connectivity index (χ0v) is 11.8. The Hall–Kier alpha value is -2.14. The minimum absolute atomic E-state index is 0.0961. The van der Waals surface area contributed by atoms with Crippen LogP contribution in [-0.4, -0.2) is 11.1 Å². The molecule has 0 bridgehead atoms. The number of aliphatic carboxylic acids is 1. The number of carbonyl (C=O) groups is 1. The minimum Gasteiger partial charge on any atom is -0.478 e. The third-order valence-electron chi connectivity index (χ3n) is 2.40. The van der Waals surface area contributed by atoms with Crippen molar-refractivity contribution in [3.8, 4) is 11.5 Å². The van der Waals surface area contributed by atoms with Crippen molar-refractivity contribution < 1.29 is 19.0 Å². The van der Waals surface area contributed by atoms with Gasteiger partial charge >= 0.3 is 5.97 Å². The van der Waals surface area contributed by atoms with Gasteiger partial charge in [-0.3, -0.25) is 0 Å². The second-order valence-electron chi connectivity index (χ2n) is 3.92. The first-order valence-electron chi connectivity index (χ1n) is 5.68. The van der Waals surface area contributed by atoms with Gasteiger partial charge in [0.15, 0.2) is 11.6 Å². The Kier molecular flexibility index (Phi) is 4.53. The van der Waals surface area contributed by atoms with Gasteiger partial charge in [-0.2, -0.15) is 0 Å². The van der Waals surface area contributed by atoms with Crippen molar-refractivity contribution in [2.45, 2.75) is 0 Å². The normalized spacial score (nSPS) is 10.7. The van der Waals surface area contributed by atoms with Crippen molar-refractivity contribution in [1.82, 2.24) is 0 Å². The molecule has 2 aromatic rings. The number of halogens is 2. The van der Waals surface area contributed by atoms with Crippen molar-refractivity contribution in [3.63, 3.8) is 0 Å². The molecule has 0 heterocycles. The van der Waals surface area contributed by atoms with Crippen LogP contribution in [0.15, 0.2) is 53.0 Å². The Balaban J connectivity index is 2.23. The van der Waals surface area contributed by atoms with E-state index < -0.39 is 11.8 Å². The molecule has 3 nitrogen and oxygen atoms in total. The molecule has 0 aliphatic heterocycles. The third-order valence-corrected chi connectivity index (χ3v) is 2.89. The molecule has 5 heteroatoms. The van der Waals surface area contributed by atoms with Crippen LogP contribution in [0.2, 0.25) is 0 Å². The van der Waals surface area contributed by atoms with E-state index in [1.54, 1.807) is 30.3 Å². The molecule has 0 spiro atoms. The Morgan fingerprint density at radius 2 is 2.05 bits per heavy atom. The molecule has 0 amide bonds. The largest absolute Gasteiger partial charge is 0.478 e. The number of carboxylic acid groups (broad SMARTS) is 1. The van der Waals surface area contributed by atoms with Gasteiger partial charge in [0.25, 0.3) is 0 Å². The molecule has 0 unspecified atom stereocenters. The van der Waals surface area contributed by atoms with E-state index in [9.17, 15) is 9.18 Å². The van der Waals surface area contributed by atoms with Gasteiger partial charge in [-0.05, 0) is 42.0 Å². The van der Waals surface area contributed by atoms with Crippen molar-refractivity contribution in [2.75, 3.05) is 0 Å². The molecule has 1 N–H and O–H groups in total. The molecular weight excluding hydrogens is 327 g/mol. The summed E-state index contributed by atoms with van der Waals surface area (Å²) in [6.45, 7) is 0. The van der Waals surface area contributed by atoms with E-state index in [1.165, 1.54) is 18.2 Å². The quantitative estimate of drug-likeness (QED) is 0.837. The highest BCUT2D eigenvalue weighted by atomic mass is 79.9. The zero-order chi connectivity index (χ0) is 14.5. The standard InChI is InChI=1S/C15H10BrFO3/c16-11-5-6-13(17)14(9-11)20-12-3-1-2-10(8-12)4-7-15(18)19/h1-9H,(H,18,19)/b7-4+. The van der Waals surface area contributed by atoms with Crippen molar-refractivity contribution >= 4 is 28.0 Å². The summed E-state index contributed by atoms with van der Waals surface area (Å²) < 4.78 is 19.7. The Bertz CT molecular complexity index is 668. The molecule has 102 valence electrons. The van der Waals surface area contributed by atoms with Crippen LogP contribution in [0.4, 0.5) is 4.39 Å². The first kappa shape index (κ1) is 14.3. The van der Waals surface area contributed by atoms with Crippen LogP contribution in [0.5, 0.6) is 11.5 Å². The fourth-order valence-corrected chi connectivity index (χ4v) is 1.87. The van der Waals surface area contributed by atoms with Crippen molar-refractivity contribution in [1.29, 1.82) is 0 Å². The molecule has 0 fully saturated rings. The lowest BCUT2D eigenvalue weighted by molar-refractivity contribution is -0.131. The Morgan fingerprint density at radius 3 is 2.80 bits per heavy atom. The van der Waals surface area contributed by atoms with E-state index in [0.717, 1.165) is 6.08 Å². The fraction of sp³-hybridized carbons (Fsp3) is 0. The Morgan fingerprint density at radius 1 is 1.25 bits per heavy atom. The number of carboxylic acids is 1. The highest BCUT2D eigenvalue weighted by molar-refractivity contribution is 9.10. The number of rotatable bonds is 4. The average Bonchev–Trinajstić information content (AvgIpc) is 2.41. The van der Waals surface area contributed by atoms with E-state index in [2.05, 4.69) is 15.9 Å². The van der Waals surface area contributed by atoms with Gasteiger partial charge in [-0.15, -0.1) is 0 Å². The molecule has 2 aromatic carbocycles. The number of ether oxygens (including phenoxy) is 1. The first-order valence-corrected chi connectivity index (χ1v) is 6.48. The summed E-state index contributed by atoms with van der Waals surface area (Å²) in [7, 11) is 0.